The average Bonchev–Trinajstić information content (AvgIpc) is 3.32. The molecule has 1 saturated heterocycles. The van der Waals surface area contributed by atoms with E-state index in [2.05, 4.69) is 11.9 Å². The van der Waals surface area contributed by atoms with E-state index in [1.807, 2.05) is 36.1 Å². The van der Waals surface area contributed by atoms with Gasteiger partial charge in [-0.3, -0.25) is 14.5 Å². The van der Waals surface area contributed by atoms with E-state index in [1.54, 1.807) is 18.4 Å². The zero-order valence-electron chi connectivity index (χ0n) is 16.8. The monoisotopic (exact) mass is 395 g/mol. The van der Waals surface area contributed by atoms with Gasteiger partial charge in [-0.05, 0) is 43.8 Å². The maximum Gasteiger partial charge on any atom is 0.278 e. The summed E-state index contributed by atoms with van der Waals surface area (Å²) >= 11 is 0. The van der Waals surface area contributed by atoms with Crippen LogP contribution in [0.15, 0.2) is 52.8 Å². The van der Waals surface area contributed by atoms with Crippen LogP contribution in [0.1, 0.15) is 18.2 Å². The number of likely N-dealkylation sites (N-methyl/N-ethyl adjacent to an activating group) is 1. The summed E-state index contributed by atoms with van der Waals surface area (Å²) in [5, 5.41) is 0. The van der Waals surface area contributed by atoms with Gasteiger partial charge >= 0.3 is 0 Å². The summed E-state index contributed by atoms with van der Waals surface area (Å²) in [6.07, 6.45) is 1.54. The van der Waals surface area contributed by atoms with Crippen molar-refractivity contribution in [2.45, 2.75) is 13.5 Å². The normalized spacial score (nSPS) is 18.1. The third-order valence-corrected chi connectivity index (χ3v) is 5.31. The van der Waals surface area contributed by atoms with Gasteiger partial charge in [-0.15, -0.1) is 0 Å². The highest BCUT2D eigenvalue weighted by Gasteiger charge is 2.42. The maximum atomic E-state index is 13.3. The molecule has 0 spiro atoms. The van der Waals surface area contributed by atoms with Gasteiger partial charge in [0.05, 0.1) is 25.0 Å². The first-order valence-corrected chi connectivity index (χ1v) is 9.88. The van der Waals surface area contributed by atoms with E-state index in [-0.39, 0.29) is 18.4 Å². The fraction of sp³-hybridized carbons (Fsp3) is 0.364. The number of piperazine rings is 1. The summed E-state index contributed by atoms with van der Waals surface area (Å²) in [6, 6.07) is 10.9. The molecular formula is C22H25N3O4. The van der Waals surface area contributed by atoms with E-state index in [0.29, 0.717) is 36.7 Å². The first kappa shape index (κ1) is 19.3. The number of furan rings is 1. The van der Waals surface area contributed by atoms with Gasteiger partial charge in [-0.1, -0.05) is 12.1 Å². The Morgan fingerprint density at radius 1 is 1.00 bits per heavy atom. The second-order valence-electron chi connectivity index (χ2n) is 7.25. The predicted octanol–water partition coefficient (Wildman–Crippen LogP) is 2.21. The highest BCUT2D eigenvalue weighted by atomic mass is 16.5. The molecular weight excluding hydrogens is 370 g/mol. The molecule has 0 radical (unpaired) electrons. The number of rotatable bonds is 6. The summed E-state index contributed by atoms with van der Waals surface area (Å²) in [5.74, 6) is 0.768. The number of ether oxygens (including phenoxy) is 1. The number of benzene rings is 1. The summed E-state index contributed by atoms with van der Waals surface area (Å²) in [5.41, 5.74) is 1.66. The van der Waals surface area contributed by atoms with Gasteiger partial charge in [0.25, 0.3) is 11.8 Å². The van der Waals surface area contributed by atoms with Crippen molar-refractivity contribution in [2.75, 3.05) is 39.8 Å². The lowest BCUT2D eigenvalue weighted by Gasteiger charge is -2.34. The molecule has 1 aromatic heterocycles. The second-order valence-corrected chi connectivity index (χ2v) is 7.25. The lowest BCUT2D eigenvalue weighted by atomic mass is 10.0. The summed E-state index contributed by atoms with van der Waals surface area (Å²) in [6.45, 7) is 5.73. The minimum absolute atomic E-state index is 0.127. The van der Waals surface area contributed by atoms with Gasteiger partial charge in [0.2, 0.25) is 0 Å². The fourth-order valence-electron chi connectivity index (χ4n) is 3.73. The molecule has 7 nitrogen and oxygen atoms in total. The molecule has 2 aromatic rings. The summed E-state index contributed by atoms with van der Waals surface area (Å²) < 4.78 is 10.9. The van der Waals surface area contributed by atoms with E-state index in [9.17, 15) is 9.59 Å². The van der Waals surface area contributed by atoms with Crippen LogP contribution >= 0.6 is 0 Å². The number of nitrogens with zero attached hydrogens (tertiary/aromatic N) is 3. The minimum atomic E-state index is -0.288. The van der Waals surface area contributed by atoms with Crippen molar-refractivity contribution in [3.63, 3.8) is 0 Å². The van der Waals surface area contributed by atoms with E-state index in [1.165, 1.54) is 4.90 Å². The molecule has 0 bridgehead atoms. The van der Waals surface area contributed by atoms with E-state index >= 15 is 0 Å². The van der Waals surface area contributed by atoms with Crippen molar-refractivity contribution in [3.8, 4) is 5.75 Å². The third-order valence-electron chi connectivity index (χ3n) is 5.31. The molecule has 2 aliphatic rings. The molecule has 29 heavy (non-hydrogen) atoms. The SMILES string of the molecule is CCOc1ccc(C2=C(N3CCN(C)CC3)C(=O)N(Cc3ccco3)C2=O)cc1. The lowest BCUT2D eigenvalue weighted by Crippen LogP contribution is -2.45. The van der Waals surface area contributed by atoms with Crippen LogP contribution in [0.3, 0.4) is 0 Å². The van der Waals surface area contributed by atoms with Gasteiger partial charge in [-0.2, -0.15) is 0 Å². The Kier molecular flexibility index (Phi) is 5.40. The minimum Gasteiger partial charge on any atom is -0.494 e. The maximum absolute atomic E-state index is 13.3. The lowest BCUT2D eigenvalue weighted by molar-refractivity contribution is -0.138. The Morgan fingerprint density at radius 2 is 1.72 bits per heavy atom. The van der Waals surface area contributed by atoms with Crippen LogP contribution in [0, 0.1) is 0 Å². The number of amides is 2. The number of hydrogen-bond donors (Lipinski definition) is 0. The topological polar surface area (TPSA) is 66.2 Å². The Labute approximate surface area is 170 Å². The van der Waals surface area contributed by atoms with Gasteiger partial charge < -0.3 is 19.0 Å². The fourth-order valence-corrected chi connectivity index (χ4v) is 3.73. The molecule has 2 aliphatic heterocycles. The quantitative estimate of drug-likeness (QED) is 0.699. The van der Waals surface area contributed by atoms with Crippen LogP contribution < -0.4 is 4.74 Å². The largest absolute Gasteiger partial charge is 0.494 e. The highest BCUT2D eigenvalue weighted by Crippen LogP contribution is 2.33. The Hall–Kier alpha value is -3.06. The summed E-state index contributed by atoms with van der Waals surface area (Å²) in [7, 11) is 2.06. The highest BCUT2D eigenvalue weighted by molar-refractivity contribution is 6.35. The van der Waals surface area contributed by atoms with Gasteiger partial charge in [-0.25, -0.2) is 0 Å². The molecule has 1 fully saturated rings. The van der Waals surface area contributed by atoms with Gasteiger partial charge in [0.15, 0.2) is 0 Å². The number of carbonyl (C=O) groups is 2. The predicted molar refractivity (Wildman–Crippen MR) is 108 cm³/mol. The molecule has 7 heteroatoms. The third kappa shape index (κ3) is 3.78. The number of hydrogen-bond acceptors (Lipinski definition) is 6. The van der Waals surface area contributed by atoms with Gasteiger partial charge in [0.1, 0.15) is 17.2 Å². The number of imide groups is 1. The molecule has 0 aliphatic carbocycles. The van der Waals surface area contributed by atoms with E-state index < -0.39 is 0 Å². The molecule has 0 atom stereocenters. The van der Waals surface area contributed by atoms with Crippen LogP contribution in [0.4, 0.5) is 0 Å². The molecule has 0 unspecified atom stereocenters. The number of carbonyl (C=O) groups excluding carboxylic acids is 2. The molecule has 1 aromatic carbocycles. The van der Waals surface area contributed by atoms with Crippen LogP contribution in [0.5, 0.6) is 5.75 Å². The molecule has 3 heterocycles. The smallest absolute Gasteiger partial charge is 0.278 e. The van der Waals surface area contributed by atoms with E-state index in [4.69, 9.17) is 9.15 Å². The van der Waals surface area contributed by atoms with Gasteiger partial charge in [0, 0.05) is 26.2 Å². The molecule has 4 rings (SSSR count). The zero-order valence-corrected chi connectivity index (χ0v) is 16.8. The van der Waals surface area contributed by atoms with Crippen LogP contribution in [-0.4, -0.2) is 66.3 Å². The summed E-state index contributed by atoms with van der Waals surface area (Å²) in [4.78, 5) is 32.1. The Balaban J connectivity index is 1.70. The molecule has 0 saturated carbocycles. The standard InChI is InChI=1S/C22H25N3O4/c1-3-28-17-8-6-16(7-9-17)19-20(24-12-10-23(2)11-13-24)22(27)25(21(19)26)15-18-5-4-14-29-18/h4-9,14H,3,10-13,15H2,1-2H3. The first-order valence-electron chi connectivity index (χ1n) is 9.88. The zero-order chi connectivity index (χ0) is 20.4. The van der Waals surface area contributed by atoms with Crippen LogP contribution in [-0.2, 0) is 16.1 Å². The van der Waals surface area contributed by atoms with Crippen molar-refractivity contribution >= 4 is 17.4 Å². The van der Waals surface area contributed by atoms with Crippen molar-refractivity contribution in [3.05, 3.63) is 59.7 Å². The molecule has 152 valence electrons. The van der Waals surface area contributed by atoms with Crippen molar-refractivity contribution in [2.24, 2.45) is 0 Å². The first-order chi connectivity index (χ1) is 14.1. The van der Waals surface area contributed by atoms with Crippen molar-refractivity contribution < 1.29 is 18.7 Å². The van der Waals surface area contributed by atoms with E-state index in [0.717, 1.165) is 24.4 Å². The van der Waals surface area contributed by atoms with Crippen LogP contribution in [0.25, 0.3) is 5.57 Å². The van der Waals surface area contributed by atoms with Crippen LogP contribution in [0.2, 0.25) is 0 Å². The average molecular weight is 395 g/mol. The van der Waals surface area contributed by atoms with Crippen molar-refractivity contribution in [1.29, 1.82) is 0 Å². The Bertz CT molecular complexity index is 910. The molecule has 0 N–H and O–H groups in total. The molecule has 2 amide bonds. The van der Waals surface area contributed by atoms with Crippen molar-refractivity contribution in [1.82, 2.24) is 14.7 Å². The second kappa shape index (κ2) is 8.13. The Morgan fingerprint density at radius 3 is 2.34 bits per heavy atom.